The van der Waals surface area contributed by atoms with Gasteiger partial charge in [0.1, 0.15) is 5.75 Å². The van der Waals surface area contributed by atoms with E-state index in [0.717, 1.165) is 17.0 Å². The lowest BCUT2D eigenvalue weighted by atomic mass is 9.97. The Balaban J connectivity index is 1.91. The topological polar surface area (TPSA) is 125 Å². The molecule has 1 heterocycles. The Labute approximate surface area is 197 Å². The van der Waals surface area contributed by atoms with E-state index in [9.17, 15) is 37.5 Å². The summed E-state index contributed by atoms with van der Waals surface area (Å²) in [6.07, 6.45) is -3.26. The van der Waals surface area contributed by atoms with Crippen LogP contribution in [-0.4, -0.2) is 53.1 Å². The lowest BCUT2D eigenvalue weighted by molar-refractivity contribution is -0.274. The number of carboxylic acid groups (broad SMARTS) is 1. The molecule has 1 aliphatic rings. The van der Waals surface area contributed by atoms with Gasteiger partial charge in [-0.25, -0.2) is 4.79 Å². The van der Waals surface area contributed by atoms with Gasteiger partial charge < -0.3 is 25.4 Å². The third kappa shape index (κ3) is 6.59. The lowest BCUT2D eigenvalue weighted by Gasteiger charge is -2.25. The number of carbonyl (C=O) groups is 4. The van der Waals surface area contributed by atoms with Crippen LogP contribution < -0.4 is 15.4 Å². The summed E-state index contributed by atoms with van der Waals surface area (Å²) in [5.74, 6) is -3.18. The standard InChI is InChI=1S/C23H20F3N3O6/c1-29-10-9-17(30)20(21(29)33)28-22(34)27-16(12-19(31)32)14-7-8-18(35-23(24,25)26)15(11-14)13-5-3-2-4-6-13/h2-11,16,20H,12H2,1H3,(H,31,32)(H2,27,28,34). The van der Waals surface area contributed by atoms with Crippen molar-refractivity contribution in [2.45, 2.75) is 24.9 Å². The average molecular weight is 491 g/mol. The number of likely N-dealkylation sites (N-methyl/N-ethyl adjacent to an activating group) is 1. The zero-order valence-electron chi connectivity index (χ0n) is 18.2. The summed E-state index contributed by atoms with van der Waals surface area (Å²) in [6, 6.07) is 7.71. The number of ketones is 1. The molecule has 1 aliphatic heterocycles. The highest BCUT2D eigenvalue weighted by atomic mass is 19.4. The first kappa shape index (κ1) is 25.3. The van der Waals surface area contributed by atoms with Gasteiger partial charge in [0, 0.05) is 24.9 Å². The van der Waals surface area contributed by atoms with Gasteiger partial charge in [-0.1, -0.05) is 36.4 Å². The molecule has 3 amide bonds. The Bertz CT molecular complexity index is 1170. The largest absolute Gasteiger partial charge is 0.573 e. The Morgan fingerprint density at radius 3 is 2.46 bits per heavy atom. The normalized spacial score (nSPS) is 16.6. The van der Waals surface area contributed by atoms with E-state index in [1.807, 2.05) is 0 Å². The molecule has 3 N–H and O–H groups in total. The fourth-order valence-corrected chi connectivity index (χ4v) is 3.39. The van der Waals surface area contributed by atoms with Gasteiger partial charge in [0.2, 0.25) is 0 Å². The van der Waals surface area contributed by atoms with E-state index in [1.54, 1.807) is 30.3 Å². The Kier molecular flexibility index (Phi) is 7.43. The molecule has 2 atom stereocenters. The van der Waals surface area contributed by atoms with E-state index in [4.69, 9.17) is 0 Å². The van der Waals surface area contributed by atoms with Crippen LogP contribution in [0.3, 0.4) is 0 Å². The van der Waals surface area contributed by atoms with Crippen molar-refractivity contribution >= 4 is 23.7 Å². The van der Waals surface area contributed by atoms with Crippen molar-refractivity contribution in [3.63, 3.8) is 0 Å². The Morgan fingerprint density at radius 2 is 1.83 bits per heavy atom. The van der Waals surface area contributed by atoms with Crippen molar-refractivity contribution in [1.29, 1.82) is 0 Å². The zero-order valence-corrected chi connectivity index (χ0v) is 18.2. The second kappa shape index (κ2) is 10.3. The molecule has 0 saturated carbocycles. The number of halogens is 3. The van der Waals surface area contributed by atoms with E-state index >= 15 is 0 Å². The van der Waals surface area contributed by atoms with Crippen molar-refractivity contribution in [2.24, 2.45) is 0 Å². The van der Waals surface area contributed by atoms with Gasteiger partial charge >= 0.3 is 18.4 Å². The summed E-state index contributed by atoms with van der Waals surface area (Å²) in [6.45, 7) is 0. The molecule has 35 heavy (non-hydrogen) atoms. The van der Waals surface area contributed by atoms with Gasteiger partial charge in [-0.15, -0.1) is 13.2 Å². The molecular weight excluding hydrogens is 471 g/mol. The molecule has 2 aromatic rings. The molecule has 12 heteroatoms. The molecule has 0 saturated heterocycles. The minimum atomic E-state index is -4.97. The highest BCUT2D eigenvalue weighted by molar-refractivity contribution is 6.14. The minimum absolute atomic E-state index is 0.0161. The van der Waals surface area contributed by atoms with Crippen molar-refractivity contribution in [2.75, 3.05) is 7.05 Å². The van der Waals surface area contributed by atoms with Crippen LogP contribution in [0.4, 0.5) is 18.0 Å². The SMILES string of the molecule is CN1C=CC(=O)C(NC(=O)NC(CC(=O)O)c2ccc(OC(F)(F)F)c(-c3ccccc3)c2)C1=O. The first-order valence-electron chi connectivity index (χ1n) is 10.2. The maximum Gasteiger partial charge on any atom is 0.573 e. The average Bonchev–Trinajstić information content (AvgIpc) is 2.78. The minimum Gasteiger partial charge on any atom is -0.481 e. The number of nitrogens with zero attached hydrogens (tertiary/aromatic N) is 1. The summed E-state index contributed by atoms with van der Waals surface area (Å²) < 4.78 is 42.9. The monoisotopic (exact) mass is 491 g/mol. The maximum atomic E-state index is 12.9. The second-order valence-corrected chi connectivity index (χ2v) is 7.54. The third-order valence-electron chi connectivity index (χ3n) is 5.02. The van der Waals surface area contributed by atoms with Crippen LogP contribution in [-0.2, 0) is 14.4 Å². The number of nitrogens with one attached hydrogen (secondary N) is 2. The van der Waals surface area contributed by atoms with Crippen LogP contribution >= 0.6 is 0 Å². The fraction of sp³-hybridized carbons (Fsp3) is 0.217. The van der Waals surface area contributed by atoms with E-state index in [1.165, 1.54) is 25.4 Å². The highest BCUT2D eigenvalue weighted by Crippen LogP contribution is 2.36. The van der Waals surface area contributed by atoms with Crippen molar-refractivity contribution < 1.29 is 42.2 Å². The van der Waals surface area contributed by atoms with E-state index in [2.05, 4.69) is 15.4 Å². The number of amides is 3. The smallest absolute Gasteiger partial charge is 0.481 e. The maximum absolute atomic E-state index is 12.9. The van der Waals surface area contributed by atoms with Crippen molar-refractivity contribution in [1.82, 2.24) is 15.5 Å². The van der Waals surface area contributed by atoms with Crippen LogP contribution in [0.15, 0.2) is 60.8 Å². The number of alkyl halides is 3. The predicted octanol–water partition coefficient (Wildman–Crippen LogP) is 2.99. The summed E-state index contributed by atoms with van der Waals surface area (Å²) in [7, 11) is 1.39. The number of hydrogen-bond acceptors (Lipinski definition) is 5. The molecule has 0 bridgehead atoms. The van der Waals surface area contributed by atoms with Gasteiger partial charge in [0.15, 0.2) is 11.8 Å². The number of carbonyl (C=O) groups excluding carboxylic acids is 3. The third-order valence-corrected chi connectivity index (χ3v) is 5.02. The summed E-state index contributed by atoms with van der Waals surface area (Å²) in [5.41, 5.74) is 0.539. The Morgan fingerprint density at radius 1 is 1.14 bits per heavy atom. The zero-order chi connectivity index (χ0) is 25.8. The lowest BCUT2D eigenvalue weighted by Crippen LogP contribution is -2.55. The molecule has 0 fully saturated rings. The van der Waals surface area contributed by atoms with Gasteiger partial charge in [-0.3, -0.25) is 14.4 Å². The number of aliphatic carboxylic acids is 1. The van der Waals surface area contributed by atoms with Crippen LogP contribution in [0.25, 0.3) is 11.1 Å². The predicted molar refractivity (Wildman–Crippen MR) is 116 cm³/mol. The first-order chi connectivity index (χ1) is 16.4. The van der Waals surface area contributed by atoms with Gasteiger partial charge in [-0.2, -0.15) is 0 Å². The molecule has 0 aromatic heterocycles. The Hall–Kier alpha value is -4.35. The molecule has 0 spiro atoms. The summed E-state index contributed by atoms with van der Waals surface area (Å²) >= 11 is 0. The molecule has 0 radical (unpaired) electrons. The second-order valence-electron chi connectivity index (χ2n) is 7.54. The molecule has 184 valence electrons. The van der Waals surface area contributed by atoms with Gasteiger partial charge in [0.25, 0.3) is 5.91 Å². The highest BCUT2D eigenvalue weighted by Gasteiger charge is 2.34. The number of hydrogen-bond donors (Lipinski definition) is 3. The quantitative estimate of drug-likeness (QED) is 0.512. The van der Waals surface area contributed by atoms with E-state index in [0.29, 0.717) is 5.56 Å². The van der Waals surface area contributed by atoms with Crippen molar-refractivity contribution in [3.8, 4) is 16.9 Å². The van der Waals surface area contributed by atoms with E-state index in [-0.39, 0.29) is 11.1 Å². The van der Waals surface area contributed by atoms with Crippen LogP contribution in [0.5, 0.6) is 5.75 Å². The summed E-state index contributed by atoms with van der Waals surface area (Å²) in [5, 5.41) is 13.9. The first-order valence-corrected chi connectivity index (χ1v) is 10.2. The molecule has 9 nitrogen and oxygen atoms in total. The van der Waals surface area contributed by atoms with Gasteiger partial charge in [-0.05, 0) is 23.3 Å². The van der Waals surface area contributed by atoms with Gasteiger partial charge in [0.05, 0.1) is 12.5 Å². The molecular formula is C23H20F3N3O6. The number of rotatable bonds is 7. The number of carboxylic acids is 1. The van der Waals surface area contributed by atoms with Crippen LogP contribution in [0, 0.1) is 0 Å². The molecule has 2 aromatic carbocycles. The molecule has 0 aliphatic carbocycles. The number of urea groups is 1. The fourth-order valence-electron chi connectivity index (χ4n) is 3.39. The number of ether oxygens (including phenoxy) is 1. The summed E-state index contributed by atoms with van der Waals surface area (Å²) in [4.78, 5) is 49.3. The van der Waals surface area contributed by atoms with Crippen LogP contribution in [0.2, 0.25) is 0 Å². The van der Waals surface area contributed by atoms with Crippen molar-refractivity contribution in [3.05, 3.63) is 66.4 Å². The number of benzene rings is 2. The van der Waals surface area contributed by atoms with Crippen LogP contribution in [0.1, 0.15) is 18.0 Å². The van der Waals surface area contributed by atoms with E-state index < -0.39 is 54.3 Å². The molecule has 3 rings (SSSR count). The molecule has 2 unspecified atom stereocenters.